The Morgan fingerprint density at radius 3 is 3.00 bits per heavy atom. The first kappa shape index (κ1) is 11.5. The zero-order chi connectivity index (χ0) is 11.4. The Kier molecular flexibility index (Phi) is 3.87. The summed E-state index contributed by atoms with van der Waals surface area (Å²) in [7, 11) is 0. The molecule has 2 rings (SSSR count). The predicted molar refractivity (Wildman–Crippen MR) is 64.4 cm³/mol. The topological polar surface area (TPSA) is 71.2 Å². The van der Waals surface area contributed by atoms with Gasteiger partial charge in [-0.3, -0.25) is 9.69 Å². The van der Waals surface area contributed by atoms with E-state index in [1.807, 2.05) is 5.38 Å². The lowest BCUT2D eigenvalue weighted by Gasteiger charge is -2.29. The van der Waals surface area contributed by atoms with Crippen LogP contribution in [0, 0.1) is 0 Å². The fourth-order valence-electron chi connectivity index (χ4n) is 1.76. The number of amides is 1. The van der Waals surface area contributed by atoms with Crippen molar-refractivity contribution in [3.63, 3.8) is 0 Å². The molecular formula is C10H16N4OS. The maximum absolute atomic E-state index is 11.6. The Balaban J connectivity index is 1.75. The summed E-state index contributed by atoms with van der Waals surface area (Å²) in [5, 5.41) is 5.28. The van der Waals surface area contributed by atoms with Crippen molar-refractivity contribution in [1.29, 1.82) is 0 Å². The molecule has 1 aromatic heterocycles. The first-order chi connectivity index (χ1) is 7.74. The Morgan fingerprint density at radius 2 is 2.38 bits per heavy atom. The fourth-order valence-corrected chi connectivity index (χ4v) is 2.30. The molecule has 0 atom stereocenters. The Bertz CT molecular complexity index is 333. The second-order valence-electron chi connectivity index (χ2n) is 4.00. The summed E-state index contributed by atoms with van der Waals surface area (Å²) in [4.78, 5) is 17.8. The number of anilines is 1. The number of aromatic nitrogens is 1. The smallest absolute Gasteiger partial charge is 0.240 e. The van der Waals surface area contributed by atoms with Gasteiger partial charge < -0.3 is 11.1 Å². The van der Waals surface area contributed by atoms with Crippen LogP contribution in [0.25, 0.3) is 0 Å². The number of piperidine rings is 1. The third-order valence-corrected chi connectivity index (χ3v) is 3.37. The molecule has 1 aliphatic rings. The molecule has 1 fully saturated rings. The van der Waals surface area contributed by atoms with E-state index in [2.05, 4.69) is 15.2 Å². The van der Waals surface area contributed by atoms with Crippen LogP contribution in [0.5, 0.6) is 0 Å². The average molecular weight is 240 g/mol. The monoisotopic (exact) mass is 240 g/mol. The molecule has 3 N–H and O–H groups in total. The molecule has 0 unspecified atom stereocenters. The molecule has 5 nitrogen and oxygen atoms in total. The molecular weight excluding hydrogens is 224 g/mol. The third kappa shape index (κ3) is 3.26. The summed E-state index contributed by atoms with van der Waals surface area (Å²) in [5.74, 6) is 0.00502. The number of likely N-dealkylation sites (tertiary alicyclic amines) is 1. The largest absolute Gasteiger partial charge is 0.328 e. The molecule has 0 aliphatic carbocycles. The van der Waals surface area contributed by atoms with Crippen molar-refractivity contribution in [3.8, 4) is 0 Å². The van der Waals surface area contributed by atoms with E-state index >= 15 is 0 Å². The van der Waals surface area contributed by atoms with Gasteiger partial charge in [0.25, 0.3) is 0 Å². The van der Waals surface area contributed by atoms with E-state index in [-0.39, 0.29) is 5.91 Å². The number of nitrogens with zero attached hydrogens (tertiary/aromatic N) is 2. The lowest BCUT2D eigenvalue weighted by atomic mass is 10.1. The van der Waals surface area contributed by atoms with Crippen LogP contribution < -0.4 is 11.1 Å². The highest BCUT2D eigenvalue weighted by Crippen LogP contribution is 2.11. The molecule has 16 heavy (non-hydrogen) atoms. The van der Waals surface area contributed by atoms with Gasteiger partial charge in [0.1, 0.15) is 0 Å². The van der Waals surface area contributed by atoms with Gasteiger partial charge in [-0.2, -0.15) is 0 Å². The van der Waals surface area contributed by atoms with Crippen molar-refractivity contribution in [2.45, 2.75) is 18.9 Å². The molecule has 2 heterocycles. The summed E-state index contributed by atoms with van der Waals surface area (Å²) in [6, 6.07) is 0.304. The predicted octanol–water partition coefficient (Wildman–Crippen LogP) is 0.505. The molecule has 0 saturated carbocycles. The van der Waals surface area contributed by atoms with Crippen LogP contribution in [0.1, 0.15) is 12.8 Å². The van der Waals surface area contributed by atoms with Gasteiger partial charge in [0.2, 0.25) is 5.91 Å². The fraction of sp³-hybridized carbons (Fsp3) is 0.600. The van der Waals surface area contributed by atoms with Crippen LogP contribution in [-0.4, -0.2) is 41.5 Å². The number of hydrogen-bond donors (Lipinski definition) is 2. The first-order valence-electron chi connectivity index (χ1n) is 5.41. The molecule has 0 aromatic carbocycles. The molecule has 1 saturated heterocycles. The zero-order valence-electron chi connectivity index (χ0n) is 9.06. The molecule has 1 aliphatic heterocycles. The highest BCUT2D eigenvalue weighted by Gasteiger charge is 2.18. The quantitative estimate of drug-likeness (QED) is 0.807. The van der Waals surface area contributed by atoms with Crippen LogP contribution in [0.4, 0.5) is 5.13 Å². The number of carbonyl (C=O) groups is 1. The van der Waals surface area contributed by atoms with Gasteiger partial charge in [-0.15, -0.1) is 11.3 Å². The van der Waals surface area contributed by atoms with Gasteiger partial charge in [-0.05, 0) is 12.8 Å². The summed E-state index contributed by atoms with van der Waals surface area (Å²) in [5.41, 5.74) is 5.80. The highest BCUT2D eigenvalue weighted by atomic mass is 32.1. The van der Waals surface area contributed by atoms with Gasteiger partial charge in [-0.1, -0.05) is 0 Å². The average Bonchev–Trinajstić information content (AvgIpc) is 2.74. The zero-order valence-corrected chi connectivity index (χ0v) is 9.87. The molecule has 0 spiro atoms. The number of carbonyl (C=O) groups excluding carboxylic acids is 1. The Hall–Kier alpha value is -0.980. The van der Waals surface area contributed by atoms with Crippen molar-refractivity contribution < 1.29 is 4.79 Å². The molecule has 0 bridgehead atoms. The lowest BCUT2D eigenvalue weighted by molar-refractivity contribution is -0.117. The normalized spacial score (nSPS) is 18.6. The maximum Gasteiger partial charge on any atom is 0.240 e. The standard InChI is InChI=1S/C10H16N4OS/c11-8-1-4-14(5-2-8)7-9(15)13-10-12-3-6-16-10/h3,6,8H,1-2,4-5,7,11H2,(H,12,13,15). The van der Waals surface area contributed by atoms with E-state index in [0.717, 1.165) is 25.9 Å². The second-order valence-corrected chi connectivity index (χ2v) is 4.89. The van der Waals surface area contributed by atoms with E-state index in [0.29, 0.717) is 17.7 Å². The van der Waals surface area contributed by atoms with E-state index in [4.69, 9.17) is 5.73 Å². The first-order valence-corrected chi connectivity index (χ1v) is 6.29. The lowest BCUT2D eigenvalue weighted by Crippen LogP contribution is -2.43. The number of thiazole rings is 1. The van der Waals surface area contributed by atoms with E-state index in [1.165, 1.54) is 11.3 Å². The molecule has 88 valence electrons. The second kappa shape index (κ2) is 5.38. The minimum atomic E-state index is 0.00502. The Labute approximate surface area is 98.7 Å². The minimum Gasteiger partial charge on any atom is -0.328 e. The van der Waals surface area contributed by atoms with Crippen molar-refractivity contribution >= 4 is 22.4 Å². The number of nitrogens with one attached hydrogen (secondary N) is 1. The van der Waals surface area contributed by atoms with Crippen molar-refractivity contribution in [2.24, 2.45) is 5.73 Å². The number of rotatable bonds is 3. The van der Waals surface area contributed by atoms with Crippen LogP contribution in [0.2, 0.25) is 0 Å². The molecule has 6 heteroatoms. The summed E-state index contributed by atoms with van der Waals surface area (Å²) >= 11 is 1.43. The summed E-state index contributed by atoms with van der Waals surface area (Å²) in [6.45, 7) is 2.26. The van der Waals surface area contributed by atoms with Gasteiger partial charge in [0.15, 0.2) is 5.13 Å². The van der Waals surface area contributed by atoms with Gasteiger partial charge in [-0.25, -0.2) is 4.98 Å². The number of nitrogens with two attached hydrogens (primary N) is 1. The van der Waals surface area contributed by atoms with Crippen molar-refractivity contribution in [1.82, 2.24) is 9.88 Å². The maximum atomic E-state index is 11.6. The van der Waals surface area contributed by atoms with Crippen LogP contribution >= 0.6 is 11.3 Å². The number of hydrogen-bond acceptors (Lipinski definition) is 5. The van der Waals surface area contributed by atoms with Gasteiger partial charge >= 0.3 is 0 Å². The van der Waals surface area contributed by atoms with Crippen LogP contribution in [-0.2, 0) is 4.79 Å². The van der Waals surface area contributed by atoms with Gasteiger partial charge in [0.05, 0.1) is 6.54 Å². The SMILES string of the molecule is NC1CCN(CC(=O)Nc2nccs2)CC1. The van der Waals surface area contributed by atoms with Crippen LogP contribution in [0.15, 0.2) is 11.6 Å². The van der Waals surface area contributed by atoms with Crippen molar-refractivity contribution in [3.05, 3.63) is 11.6 Å². The third-order valence-electron chi connectivity index (χ3n) is 2.68. The van der Waals surface area contributed by atoms with Gasteiger partial charge in [0, 0.05) is 30.7 Å². The molecule has 1 aromatic rings. The molecule has 1 amide bonds. The van der Waals surface area contributed by atoms with E-state index in [1.54, 1.807) is 6.20 Å². The van der Waals surface area contributed by atoms with Crippen LogP contribution in [0.3, 0.4) is 0 Å². The van der Waals surface area contributed by atoms with E-state index in [9.17, 15) is 4.79 Å². The van der Waals surface area contributed by atoms with E-state index < -0.39 is 0 Å². The highest BCUT2D eigenvalue weighted by molar-refractivity contribution is 7.13. The Morgan fingerprint density at radius 1 is 1.62 bits per heavy atom. The summed E-state index contributed by atoms with van der Waals surface area (Å²) in [6.07, 6.45) is 3.63. The molecule has 0 radical (unpaired) electrons. The minimum absolute atomic E-state index is 0.00502. The van der Waals surface area contributed by atoms with Crippen molar-refractivity contribution in [2.75, 3.05) is 25.0 Å². The summed E-state index contributed by atoms with van der Waals surface area (Å²) < 4.78 is 0.